The zero-order valence-electron chi connectivity index (χ0n) is 9.95. The van der Waals surface area contributed by atoms with Crippen LogP contribution in [0.1, 0.15) is 25.1 Å². The fraction of sp³-hybridized carbons (Fsp3) is 0.500. The van der Waals surface area contributed by atoms with Gasteiger partial charge in [-0.05, 0) is 19.9 Å². The first-order valence-electron chi connectivity index (χ1n) is 5.19. The molecule has 4 heteroatoms. The number of methoxy groups -OCH3 is 1. The van der Waals surface area contributed by atoms with Crippen molar-refractivity contribution < 1.29 is 4.74 Å². The van der Waals surface area contributed by atoms with Gasteiger partial charge in [0.05, 0.1) is 5.60 Å². The number of hydrogen-bond donors (Lipinski definition) is 1. The summed E-state index contributed by atoms with van der Waals surface area (Å²) in [7, 11) is 1.69. The molecule has 1 aromatic rings. The van der Waals surface area contributed by atoms with Gasteiger partial charge in [0.15, 0.2) is 0 Å². The summed E-state index contributed by atoms with van der Waals surface area (Å²) >= 11 is 0. The smallest absolute Gasteiger partial charge is 0.144 e. The molecule has 86 valence electrons. The maximum Gasteiger partial charge on any atom is 0.144 e. The highest BCUT2D eigenvalue weighted by Crippen LogP contribution is 2.07. The molecule has 1 rings (SSSR count). The van der Waals surface area contributed by atoms with Crippen LogP contribution < -0.4 is 5.32 Å². The number of hydrogen-bond acceptors (Lipinski definition) is 4. The Morgan fingerprint density at radius 3 is 2.94 bits per heavy atom. The van der Waals surface area contributed by atoms with Crippen LogP contribution in [0, 0.1) is 11.3 Å². The molecular formula is C12H17N3O. The molecule has 0 unspecified atom stereocenters. The Kier molecular flexibility index (Phi) is 4.41. The van der Waals surface area contributed by atoms with Crippen molar-refractivity contribution >= 4 is 0 Å². The summed E-state index contributed by atoms with van der Waals surface area (Å²) in [6, 6.07) is 5.81. The average molecular weight is 219 g/mol. The molecule has 0 aliphatic rings. The van der Waals surface area contributed by atoms with Crippen molar-refractivity contribution in [2.24, 2.45) is 0 Å². The average Bonchev–Trinajstić information content (AvgIpc) is 2.29. The molecule has 0 amide bonds. The van der Waals surface area contributed by atoms with E-state index in [2.05, 4.69) is 16.4 Å². The van der Waals surface area contributed by atoms with E-state index in [1.807, 2.05) is 26.0 Å². The number of aromatic nitrogens is 1. The van der Waals surface area contributed by atoms with Gasteiger partial charge in [0.25, 0.3) is 0 Å². The summed E-state index contributed by atoms with van der Waals surface area (Å²) < 4.78 is 5.29. The predicted octanol–water partition coefficient (Wildman–Crippen LogP) is 1.47. The molecule has 0 bridgehead atoms. The number of nitrogens with zero attached hydrogens (tertiary/aromatic N) is 2. The summed E-state index contributed by atoms with van der Waals surface area (Å²) in [5, 5.41) is 12.1. The van der Waals surface area contributed by atoms with Crippen LogP contribution in [0.25, 0.3) is 0 Å². The lowest BCUT2D eigenvalue weighted by Crippen LogP contribution is -2.36. The first-order valence-corrected chi connectivity index (χ1v) is 5.19. The van der Waals surface area contributed by atoms with Crippen LogP contribution in [0.4, 0.5) is 0 Å². The molecule has 0 radical (unpaired) electrons. The quantitative estimate of drug-likeness (QED) is 0.814. The molecule has 0 aromatic carbocycles. The van der Waals surface area contributed by atoms with Crippen molar-refractivity contribution in [2.45, 2.75) is 26.0 Å². The lowest BCUT2D eigenvalue weighted by Gasteiger charge is -2.23. The fourth-order valence-corrected chi connectivity index (χ4v) is 1.25. The molecule has 0 aliphatic carbocycles. The first kappa shape index (κ1) is 12.6. The predicted molar refractivity (Wildman–Crippen MR) is 61.7 cm³/mol. The molecule has 1 N–H and O–H groups in total. The van der Waals surface area contributed by atoms with Gasteiger partial charge >= 0.3 is 0 Å². The zero-order chi connectivity index (χ0) is 12.0. The number of pyridine rings is 1. The molecule has 0 atom stereocenters. The summed E-state index contributed by atoms with van der Waals surface area (Å²) in [6.45, 7) is 5.37. The van der Waals surface area contributed by atoms with E-state index >= 15 is 0 Å². The maximum atomic E-state index is 8.86. The summed E-state index contributed by atoms with van der Waals surface area (Å²) in [5.74, 6) is 0. The Hall–Kier alpha value is -1.44. The Balaban J connectivity index is 2.53. The number of nitrogens with one attached hydrogen (secondary N) is 1. The van der Waals surface area contributed by atoms with Crippen LogP contribution in [0.5, 0.6) is 0 Å². The van der Waals surface area contributed by atoms with Crippen LogP contribution in [-0.4, -0.2) is 24.2 Å². The number of ether oxygens (including phenoxy) is 1. The third kappa shape index (κ3) is 3.61. The number of rotatable bonds is 5. The SMILES string of the molecule is COC(C)(C)CNCc1cccnc1C#N. The van der Waals surface area contributed by atoms with Crippen molar-refractivity contribution in [1.29, 1.82) is 5.26 Å². The molecule has 16 heavy (non-hydrogen) atoms. The van der Waals surface area contributed by atoms with E-state index in [1.54, 1.807) is 13.3 Å². The van der Waals surface area contributed by atoms with Gasteiger partial charge in [-0.1, -0.05) is 6.07 Å². The van der Waals surface area contributed by atoms with Crippen LogP contribution >= 0.6 is 0 Å². The van der Waals surface area contributed by atoms with Crippen LogP contribution in [0.2, 0.25) is 0 Å². The maximum absolute atomic E-state index is 8.86. The minimum Gasteiger partial charge on any atom is -0.377 e. The molecule has 4 nitrogen and oxygen atoms in total. The summed E-state index contributed by atoms with van der Waals surface area (Å²) in [6.07, 6.45) is 1.63. The third-order valence-electron chi connectivity index (χ3n) is 2.42. The molecular weight excluding hydrogens is 202 g/mol. The second kappa shape index (κ2) is 5.59. The second-order valence-corrected chi connectivity index (χ2v) is 4.19. The molecule has 1 heterocycles. The van der Waals surface area contributed by atoms with Gasteiger partial charge in [-0.25, -0.2) is 4.98 Å². The van der Waals surface area contributed by atoms with Gasteiger partial charge in [0.1, 0.15) is 11.8 Å². The normalized spacial score (nSPS) is 11.1. The van der Waals surface area contributed by atoms with Crippen LogP contribution in [0.15, 0.2) is 18.3 Å². The lowest BCUT2D eigenvalue weighted by atomic mass is 10.1. The summed E-state index contributed by atoms with van der Waals surface area (Å²) in [5.41, 5.74) is 1.19. The molecule has 0 saturated carbocycles. The standard InChI is InChI=1S/C12H17N3O/c1-12(2,16-3)9-14-8-10-5-4-6-15-11(10)7-13/h4-6,14H,8-9H2,1-3H3. The molecule has 0 spiro atoms. The van der Waals surface area contributed by atoms with Gasteiger partial charge in [0.2, 0.25) is 0 Å². The van der Waals surface area contributed by atoms with E-state index in [9.17, 15) is 0 Å². The number of nitriles is 1. The highest BCUT2D eigenvalue weighted by atomic mass is 16.5. The largest absolute Gasteiger partial charge is 0.377 e. The van der Waals surface area contributed by atoms with Gasteiger partial charge in [-0.15, -0.1) is 0 Å². The Morgan fingerprint density at radius 2 is 2.31 bits per heavy atom. The van der Waals surface area contributed by atoms with E-state index in [0.29, 0.717) is 12.2 Å². The highest BCUT2D eigenvalue weighted by molar-refractivity contribution is 5.30. The lowest BCUT2D eigenvalue weighted by molar-refractivity contribution is 0.0230. The van der Waals surface area contributed by atoms with Crippen molar-refractivity contribution in [3.8, 4) is 6.07 Å². The second-order valence-electron chi connectivity index (χ2n) is 4.19. The van der Waals surface area contributed by atoms with Gasteiger partial charge in [-0.2, -0.15) is 5.26 Å². The molecule has 0 fully saturated rings. The van der Waals surface area contributed by atoms with Gasteiger partial charge in [0, 0.05) is 32.0 Å². The van der Waals surface area contributed by atoms with Crippen molar-refractivity contribution in [3.05, 3.63) is 29.6 Å². The van der Waals surface area contributed by atoms with Gasteiger partial charge < -0.3 is 10.1 Å². The minimum atomic E-state index is -0.199. The van der Waals surface area contributed by atoms with E-state index < -0.39 is 0 Å². The minimum absolute atomic E-state index is 0.199. The molecule has 0 aliphatic heterocycles. The monoisotopic (exact) mass is 219 g/mol. The van der Waals surface area contributed by atoms with Crippen LogP contribution in [-0.2, 0) is 11.3 Å². The Morgan fingerprint density at radius 1 is 1.56 bits per heavy atom. The molecule has 0 saturated heterocycles. The van der Waals surface area contributed by atoms with Crippen LogP contribution in [0.3, 0.4) is 0 Å². The zero-order valence-corrected chi connectivity index (χ0v) is 9.95. The van der Waals surface area contributed by atoms with Crippen molar-refractivity contribution in [3.63, 3.8) is 0 Å². The first-order chi connectivity index (χ1) is 7.59. The molecule has 1 aromatic heterocycles. The van der Waals surface area contributed by atoms with E-state index in [1.165, 1.54) is 0 Å². The fourth-order valence-electron chi connectivity index (χ4n) is 1.25. The third-order valence-corrected chi connectivity index (χ3v) is 2.42. The topological polar surface area (TPSA) is 57.9 Å². The van der Waals surface area contributed by atoms with Crippen molar-refractivity contribution in [1.82, 2.24) is 10.3 Å². The Bertz CT molecular complexity index is 382. The summed E-state index contributed by atoms with van der Waals surface area (Å²) in [4.78, 5) is 4.00. The highest BCUT2D eigenvalue weighted by Gasteiger charge is 2.15. The van der Waals surface area contributed by atoms with E-state index in [0.717, 1.165) is 12.1 Å². The Labute approximate surface area is 96.3 Å². The van der Waals surface area contributed by atoms with Crippen molar-refractivity contribution in [2.75, 3.05) is 13.7 Å². The van der Waals surface area contributed by atoms with Gasteiger partial charge in [-0.3, -0.25) is 0 Å². The van der Waals surface area contributed by atoms with E-state index in [4.69, 9.17) is 10.00 Å². The van der Waals surface area contributed by atoms with E-state index in [-0.39, 0.29) is 5.60 Å².